The van der Waals surface area contributed by atoms with Crippen molar-refractivity contribution >= 4 is 11.0 Å². The number of fused-ring (bicyclic) bond motifs is 1. The largest absolute Gasteiger partial charge is 0.494 e. The van der Waals surface area contributed by atoms with E-state index in [2.05, 4.69) is 31.4 Å². The molecule has 0 fully saturated rings. The van der Waals surface area contributed by atoms with Crippen LogP contribution in [0.2, 0.25) is 0 Å². The molecule has 0 aliphatic carbocycles. The second-order valence-corrected chi connectivity index (χ2v) is 5.76. The highest BCUT2D eigenvalue weighted by Crippen LogP contribution is 2.25. The van der Waals surface area contributed by atoms with Crippen LogP contribution in [-0.2, 0) is 7.05 Å². The van der Waals surface area contributed by atoms with Crippen molar-refractivity contribution in [2.45, 2.75) is 39.7 Å². The van der Waals surface area contributed by atoms with Gasteiger partial charge in [-0.1, -0.05) is 20.8 Å². The van der Waals surface area contributed by atoms with Crippen LogP contribution in [0.3, 0.4) is 0 Å². The molecule has 1 atom stereocenters. The van der Waals surface area contributed by atoms with Crippen molar-refractivity contribution in [2.24, 2.45) is 18.7 Å². The number of imidazole rings is 1. The molecule has 0 amide bonds. The minimum Gasteiger partial charge on any atom is -0.494 e. The summed E-state index contributed by atoms with van der Waals surface area (Å²) in [7, 11) is 2.03. The first-order valence-corrected chi connectivity index (χ1v) is 7.37. The Balaban J connectivity index is 2.31. The zero-order chi connectivity index (χ0) is 14.7. The first-order valence-electron chi connectivity index (χ1n) is 7.37. The van der Waals surface area contributed by atoms with E-state index in [1.54, 1.807) is 0 Å². The summed E-state index contributed by atoms with van der Waals surface area (Å²) in [5.41, 5.74) is 8.32. The first-order chi connectivity index (χ1) is 9.52. The zero-order valence-corrected chi connectivity index (χ0v) is 12.9. The van der Waals surface area contributed by atoms with Crippen LogP contribution in [0.25, 0.3) is 11.0 Å². The van der Waals surface area contributed by atoms with E-state index in [4.69, 9.17) is 15.5 Å². The number of benzene rings is 1. The van der Waals surface area contributed by atoms with Crippen LogP contribution in [0, 0.1) is 5.92 Å². The molecule has 0 aliphatic rings. The highest BCUT2D eigenvalue weighted by Gasteiger charge is 2.16. The monoisotopic (exact) mass is 275 g/mol. The number of rotatable bonds is 6. The van der Waals surface area contributed by atoms with E-state index in [9.17, 15) is 0 Å². The Bertz CT molecular complexity index is 574. The predicted octanol–water partition coefficient (Wildman–Crippen LogP) is 3.41. The summed E-state index contributed by atoms with van der Waals surface area (Å²) < 4.78 is 7.75. The predicted molar refractivity (Wildman–Crippen MR) is 82.9 cm³/mol. The molecule has 1 aromatic carbocycles. The average Bonchev–Trinajstić information content (AvgIpc) is 2.73. The number of ether oxygens (including phenoxy) is 1. The fourth-order valence-corrected chi connectivity index (χ4v) is 2.45. The van der Waals surface area contributed by atoms with Crippen LogP contribution < -0.4 is 10.5 Å². The van der Waals surface area contributed by atoms with E-state index >= 15 is 0 Å². The van der Waals surface area contributed by atoms with E-state index in [1.165, 1.54) is 0 Å². The van der Waals surface area contributed by atoms with Crippen molar-refractivity contribution in [2.75, 3.05) is 6.61 Å². The molecule has 0 radical (unpaired) electrons. The maximum absolute atomic E-state index is 6.26. The van der Waals surface area contributed by atoms with Gasteiger partial charge in [0, 0.05) is 13.1 Å². The Labute approximate surface area is 120 Å². The SMILES string of the molecule is CCCOc1ccc2c(c1)nc(C(N)CC(C)C)n2C. The molecule has 20 heavy (non-hydrogen) atoms. The molecular formula is C16H25N3O. The third kappa shape index (κ3) is 3.12. The molecule has 1 heterocycles. The molecule has 1 unspecified atom stereocenters. The molecule has 110 valence electrons. The van der Waals surface area contributed by atoms with Crippen molar-refractivity contribution in [3.05, 3.63) is 24.0 Å². The summed E-state index contributed by atoms with van der Waals surface area (Å²) >= 11 is 0. The Morgan fingerprint density at radius 2 is 2.10 bits per heavy atom. The van der Waals surface area contributed by atoms with Gasteiger partial charge in [-0.25, -0.2) is 4.98 Å². The van der Waals surface area contributed by atoms with Gasteiger partial charge in [0.25, 0.3) is 0 Å². The van der Waals surface area contributed by atoms with Crippen molar-refractivity contribution in [1.29, 1.82) is 0 Å². The standard InChI is InChI=1S/C16H25N3O/c1-5-8-20-12-6-7-15-14(10-12)18-16(19(15)4)13(17)9-11(2)3/h6-7,10-11,13H,5,8-9,17H2,1-4H3. The van der Waals surface area contributed by atoms with Crippen molar-refractivity contribution in [3.63, 3.8) is 0 Å². The van der Waals surface area contributed by atoms with E-state index in [1.807, 2.05) is 19.2 Å². The summed E-state index contributed by atoms with van der Waals surface area (Å²) in [5, 5.41) is 0. The van der Waals surface area contributed by atoms with Gasteiger partial charge < -0.3 is 15.0 Å². The molecule has 0 saturated carbocycles. The third-order valence-electron chi connectivity index (χ3n) is 3.42. The van der Waals surface area contributed by atoms with E-state index in [0.717, 1.165) is 42.1 Å². The molecule has 2 aromatic rings. The Hall–Kier alpha value is -1.55. The second-order valence-electron chi connectivity index (χ2n) is 5.76. The number of aromatic nitrogens is 2. The van der Waals surface area contributed by atoms with E-state index in [-0.39, 0.29) is 6.04 Å². The Kier molecular flexibility index (Phi) is 4.65. The summed E-state index contributed by atoms with van der Waals surface area (Å²) in [6.07, 6.45) is 1.95. The highest BCUT2D eigenvalue weighted by atomic mass is 16.5. The number of nitrogens with two attached hydrogens (primary N) is 1. The van der Waals surface area contributed by atoms with Gasteiger partial charge in [-0.3, -0.25) is 0 Å². The summed E-state index contributed by atoms with van der Waals surface area (Å²) in [4.78, 5) is 4.69. The van der Waals surface area contributed by atoms with Gasteiger partial charge in [0.2, 0.25) is 0 Å². The molecule has 1 aromatic heterocycles. The number of hydrogen-bond donors (Lipinski definition) is 1. The molecule has 2 rings (SSSR count). The van der Waals surface area contributed by atoms with Gasteiger partial charge in [0.05, 0.1) is 23.7 Å². The van der Waals surface area contributed by atoms with E-state index < -0.39 is 0 Å². The van der Waals surface area contributed by atoms with Gasteiger partial charge >= 0.3 is 0 Å². The van der Waals surface area contributed by atoms with Crippen molar-refractivity contribution < 1.29 is 4.74 Å². The van der Waals surface area contributed by atoms with Crippen molar-refractivity contribution in [1.82, 2.24) is 9.55 Å². The molecule has 0 spiro atoms. The minimum atomic E-state index is -0.0209. The number of nitrogens with zero attached hydrogens (tertiary/aromatic N) is 2. The van der Waals surface area contributed by atoms with Crippen molar-refractivity contribution in [3.8, 4) is 5.75 Å². The van der Waals surface area contributed by atoms with Gasteiger partial charge in [0.1, 0.15) is 11.6 Å². The fourth-order valence-electron chi connectivity index (χ4n) is 2.45. The molecule has 4 nitrogen and oxygen atoms in total. The second kappa shape index (κ2) is 6.27. The van der Waals surface area contributed by atoms with Crippen LogP contribution in [0.1, 0.15) is 45.5 Å². The van der Waals surface area contributed by atoms with Crippen LogP contribution in [0.5, 0.6) is 5.75 Å². The maximum atomic E-state index is 6.26. The molecule has 0 bridgehead atoms. The lowest BCUT2D eigenvalue weighted by atomic mass is 10.0. The Morgan fingerprint density at radius 1 is 1.35 bits per heavy atom. The minimum absolute atomic E-state index is 0.0209. The molecular weight excluding hydrogens is 250 g/mol. The lowest BCUT2D eigenvalue weighted by molar-refractivity contribution is 0.318. The van der Waals surface area contributed by atoms with Crippen LogP contribution >= 0.6 is 0 Å². The first kappa shape index (κ1) is 14.9. The lowest BCUT2D eigenvalue weighted by Gasteiger charge is -2.13. The van der Waals surface area contributed by atoms with Gasteiger partial charge in [-0.2, -0.15) is 0 Å². The fraction of sp³-hybridized carbons (Fsp3) is 0.562. The van der Waals surface area contributed by atoms with Gasteiger partial charge in [-0.15, -0.1) is 0 Å². The maximum Gasteiger partial charge on any atom is 0.126 e. The van der Waals surface area contributed by atoms with E-state index in [0.29, 0.717) is 5.92 Å². The third-order valence-corrected chi connectivity index (χ3v) is 3.42. The summed E-state index contributed by atoms with van der Waals surface area (Å²) in [6.45, 7) is 7.19. The normalized spacial score (nSPS) is 13.1. The smallest absolute Gasteiger partial charge is 0.126 e. The number of aryl methyl sites for hydroxylation is 1. The zero-order valence-electron chi connectivity index (χ0n) is 12.9. The molecule has 0 saturated heterocycles. The lowest BCUT2D eigenvalue weighted by Crippen LogP contribution is -2.17. The van der Waals surface area contributed by atoms with Crippen LogP contribution in [0.15, 0.2) is 18.2 Å². The Morgan fingerprint density at radius 3 is 2.75 bits per heavy atom. The van der Waals surface area contributed by atoms with Gasteiger partial charge in [0.15, 0.2) is 0 Å². The molecule has 0 aliphatic heterocycles. The topological polar surface area (TPSA) is 53.1 Å². The van der Waals surface area contributed by atoms with Crippen LogP contribution in [0.4, 0.5) is 0 Å². The van der Waals surface area contributed by atoms with Crippen LogP contribution in [-0.4, -0.2) is 16.2 Å². The molecule has 4 heteroatoms. The average molecular weight is 275 g/mol. The van der Waals surface area contributed by atoms with Gasteiger partial charge in [-0.05, 0) is 30.9 Å². The number of hydrogen-bond acceptors (Lipinski definition) is 3. The summed E-state index contributed by atoms with van der Waals surface area (Å²) in [5.74, 6) is 2.39. The summed E-state index contributed by atoms with van der Waals surface area (Å²) in [6, 6.07) is 6.03. The quantitative estimate of drug-likeness (QED) is 0.879. The highest BCUT2D eigenvalue weighted by molar-refractivity contribution is 5.77. The molecule has 2 N–H and O–H groups in total.